The molecule has 0 bridgehead atoms. The topological polar surface area (TPSA) is 71.6 Å². The summed E-state index contributed by atoms with van der Waals surface area (Å²) in [5.74, 6) is 0.325. The third kappa shape index (κ3) is 3.16. The van der Waals surface area contributed by atoms with Gasteiger partial charge in [-0.2, -0.15) is 0 Å². The summed E-state index contributed by atoms with van der Waals surface area (Å²) in [7, 11) is 0. The van der Waals surface area contributed by atoms with Gasteiger partial charge in [-0.3, -0.25) is 10.1 Å². The summed E-state index contributed by atoms with van der Waals surface area (Å²) in [6.45, 7) is 2.64. The molecule has 110 valence electrons. The van der Waals surface area contributed by atoms with Gasteiger partial charge in [0.2, 0.25) is 0 Å². The average molecular weight is 287 g/mol. The fraction of sp³-hybridized carbons (Fsp3) is 0.333. The molecule has 1 aromatic heterocycles. The van der Waals surface area contributed by atoms with E-state index in [1.165, 1.54) is 24.6 Å². The monoisotopic (exact) mass is 287 g/mol. The van der Waals surface area contributed by atoms with Crippen molar-refractivity contribution in [2.45, 2.75) is 19.4 Å². The van der Waals surface area contributed by atoms with Gasteiger partial charge in [0.1, 0.15) is 10.7 Å². The van der Waals surface area contributed by atoms with Crippen molar-refractivity contribution < 1.29 is 9.34 Å². The predicted octanol–water partition coefficient (Wildman–Crippen LogP) is 3.40. The highest BCUT2D eigenvalue weighted by Gasteiger charge is 2.13. The molecule has 1 aliphatic rings. The van der Waals surface area contributed by atoms with Crippen LogP contribution in [0.2, 0.25) is 0 Å². The van der Waals surface area contributed by atoms with Gasteiger partial charge in [-0.05, 0) is 37.1 Å². The van der Waals surface area contributed by atoms with Gasteiger partial charge >= 0.3 is 5.88 Å². The van der Waals surface area contributed by atoms with E-state index in [1.54, 1.807) is 6.07 Å². The van der Waals surface area contributed by atoms with Crippen LogP contribution in [0.5, 0.6) is 0 Å². The van der Waals surface area contributed by atoms with Crippen LogP contribution < -0.4 is 10.2 Å². The van der Waals surface area contributed by atoms with E-state index in [4.69, 9.17) is 4.42 Å². The molecule has 1 fully saturated rings. The Balaban J connectivity index is 1.64. The summed E-state index contributed by atoms with van der Waals surface area (Å²) in [6.07, 6.45) is 2.49. The van der Waals surface area contributed by atoms with Crippen molar-refractivity contribution in [3.63, 3.8) is 0 Å². The molecule has 6 heteroatoms. The average Bonchev–Trinajstić information content (AvgIpc) is 3.17. The van der Waals surface area contributed by atoms with E-state index >= 15 is 0 Å². The Hall–Kier alpha value is -2.50. The highest BCUT2D eigenvalue weighted by molar-refractivity contribution is 5.58. The molecule has 6 nitrogen and oxygen atoms in total. The van der Waals surface area contributed by atoms with Crippen LogP contribution in [0.25, 0.3) is 0 Å². The maximum Gasteiger partial charge on any atom is 0.433 e. The second-order valence-electron chi connectivity index (χ2n) is 5.10. The van der Waals surface area contributed by atoms with E-state index in [0.29, 0.717) is 12.3 Å². The van der Waals surface area contributed by atoms with Crippen molar-refractivity contribution in [2.75, 3.05) is 23.3 Å². The molecule has 0 amide bonds. The Morgan fingerprint density at radius 2 is 2.05 bits per heavy atom. The highest BCUT2D eigenvalue weighted by atomic mass is 16.6. The van der Waals surface area contributed by atoms with E-state index < -0.39 is 4.92 Å². The minimum atomic E-state index is -0.530. The van der Waals surface area contributed by atoms with Crippen molar-refractivity contribution in [3.8, 4) is 0 Å². The van der Waals surface area contributed by atoms with E-state index in [1.807, 2.05) is 12.1 Å². The third-order valence-corrected chi connectivity index (χ3v) is 3.61. The van der Waals surface area contributed by atoms with E-state index in [2.05, 4.69) is 22.3 Å². The summed E-state index contributed by atoms with van der Waals surface area (Å²) < 4.78 is 5.12. The minimum absolute atomic E-state index is 0.224. The molecule has 3 rings (SSSR count). The van der Waals surface area contributed by atoms with Crippen molar-refractivity contribution in [3.05, 3.63) is 52.3 Å². The molecule has 1 N–H and O–H groups in total. The maximum absolute atomic E-state index is 10.6. The lowest BCUT2D eigenvalue weighted by atomic mass is 10.2. The standard InChI is InChI=1S/C15H17N3O3/c19-18(20)15-7-6-14(21-15)11-16-12-4-3-5-13(10-12)17-8-1-2-9-17/h3-7,10,16H,1-2,8-9,11H2. The smallest absolute Gasteiger partial charge is 0.404 e. The zero-order valence-electron chi connectivity index (χ0n) is 11.6. The fourth-order valence-electron chi connectivity index (χ4n) is 2.54. The van der Waals surface area contributed by atoms with E-state index in [-0.39, 0.29) is 5.88 Å². The lowest BCUT2D eigenvalue weighted by molar-refractivity contribution is -0.402. The zero-order chi connectivity index (χ0) is 14.7. The first-order valence-corrected chi connectivity index (χ1v) is 7.04. The van der Waals surface area contributed by atoms with Crippen LogP contribution in [0.3, 0.4) is 0 Å². The number of hydrogen-bond donors (Lipinski definition) is 1. The third-order valence-electron chi connectivity index (χ3n) is 3.61. The first-order chi connectivity index (χ1) is 10.2. The molecular weight excluding hydrogens is 270 g/mol. The Bertz CT molecular complexity index is 633. The SMILES string of the molecule is O=[N+]([O-])c1ccc(CNc2cccc(N3CCCC3)c2)o1. The number of anilines is 2. The van der Waals surface area contributed by atoms with Gasteiger partial charge in [0.15, 0.2) is 0 Å². The van der Waals surface area contributed by atoms with Crippen LogP contribution in [-0.4, -0.2) is 18.0 Å². The van der Waals surface area contributed by atoms with Crippen LogP contribution in [-0.2, 0) is 6.54 Å². The number of hydrogen-bond acceptors (Lipinski definition) is 5. The molecule has 0 saturated carbocycles. The summed E-state index contributed by atoms with van der Waals surface area (Å²) >= 11 is 0. The van der Waals surface area contributed by atoms with Crippen molar-refractivity contribution >= 4 is 17.3 Å². The molecule has 2 heterocycles. The first kappa shape index (κ1) is 13.5. The molecule has 1 aliphatic heterocycles. The largest absolute Gasteiger partial charge is 0.433 e. The normalized spacial score (nSPS) is 14.4. The lowest BCUT2D eigenvalue weighted by Gasteiger charge is -2.18. The Kier molecular flexibility index (Phi) is 3.77. The molecule has 0 radical (unpaired) electrons. The first-order valence-electron chi connectivity index (χ1n) is 7.04. The summed E-state index contributed by atoms with van der Waals surface area (Å²) in [4.78, 5) is 12.4. The van der Waals surface area contributed by atoms with Gasteiger partial charge in [0.05, 0.1) is 12.6 Å². The number of rotatable bonds is 5. The summed E-state index contributed by atoms with van der Waals surface area (Å²) in [5.41, 5.74) is 2.20. The fourth-order valence-corrected chi connectivity index (χ4v) is 2.54. The Labute approximate surface area is 122 Å². The minimum Gasteiger partial charge on any atom is -0.404 e. The van der Waals surface area contributed by atoms with Gasteiger partial charge in [-0.1, -0.05) is 6.07 Å². The zero-order valence-corrected chi connectivity index (χ0v) is 11.6. The quantitative estimate of drug-likeness (QED) is 0.674. The highest BCUT2D eigenvalue weighted by Crippen LogP contribution is 2.24. The number of nitrogens with one attached hydrogen (secondary N) is 1. The molecular formula is C15H17N3O3. The Morgan fingerprint density at radius 1 is 1.24 bits per heavy atom. The van der Waals surface area contributed by atoms with Crippen LogP contribution in [0.1, 0.15) is 18.6 Å². The van der Waals surface area contributed by atoms with E-state index in [9.17, 15) is 10.1 Å². The van der Waals surface area contributed by atoms with Crippen molar-refractivity contribution in [2.24, 2.45) is 0 Å². The Morgan fingerprint density at radius 3 is 2.76 bits per heavy atom. The summed E-state index contributed by atoms with van der Waals surface area (Å²) in [6, 6.07) is 11.2. The molecule has 2 aromatic rings. The van der Waals surface area contributed by atoms with E-state index in [0.717, 1.165) is 18.8 Å². The van der Waals surface area contributed by atoms with Crippen LogP contribution >= 0.6 is 0 Å². The van der Waals surface area contributed by atoms with Crippen LogP contribution in [0.4, 0.5) is 17.3 Å². The number of nitro groups is 1. The van der Waals surface area contributed by atoms with Gasteiger partial charge < -0.3 is 14.6 Å². The van der Waals surface area contributed by atoms with Gasteiger partial charge in [-0.25, -0.2) is 0 Å². The number of nitrogens with zero attached hydrogens (tertiary/aromatic N) is 2. The second-order valence-corrected chi connectivity index (χ2v) is 5.10. The number of benzene rings is 1. The molecule has 0 aliphatic carbocycles. The maximum atomic E-state index is 10.6. The predicted molar refractivity (Wildman–Crippen MR) is 80.6 cm³/mol. The molecule has 21 heavy (non-hydrogen) atoms. The molecule has 0 spiro atoms. The lowest BCUT2D eigenvalue weighted by Crippen LogP contribution is -2.17. The summed E-state index contributed by atoms with van der Waals surface area (Å²) in [5, 5.41) is 13.8. The van der Waals surface area contributed by atoms with Crippen molar-refractivity contribution in [1.29, 1.82) is 0 Å². The van der Waals surface area contributed by atoms with Crippen LogP contribution in [0, 0.1) is 10.1 Å². The number of furan rings is 1. The van der Waals surface area contributed by atoms with Gasteiger partial charge in [0, 0.05) is 24.5 Å². The molecule has 1 aromatic carbocycles. The second kappa shape index (κ2) is 5.87. The molecule has 1 saturated heterocycles. The van der Waals surface area contributed by atoms with Crippen LogP contribution in [0.15, 0.2) is 40.8 Å². The molecule has 0 atom stereocenters. The molecule has 0 unspecified atom stereocenters. The van der Waals surface area contributed by atoms with Gasteiger partial charge in [-0.15, -0.1) is 0 Å². The van der Waals surface area contributed by atoms with Crippen molar-refractivity contribution in [1.82, 2.24) is 0 Å². The van der Waals surface area contributed by atoms with Gasteiger partial charge in [0.25, 0.3) is 0 Å².